The number of hydrogen-bond donors (Lipinski definition) is 0. The molecule has 0 fully saturated rings. The summed E-state index contributed by atoms with van der Waals surface area (Å²) in [6.45, 7) is 11.3. The maximum atomic E-state index is 12.7. The lowest BCUT2D eigenvalue weighted by molar-refractivity contribution is -0.167. The van der Waals surface area contributed by atoms with Crippen molar-refractivity contribution in [3.8, 4) is 0 Å². The van der Waals surface area contributed by atoms with E-state index in [1.165, 1.54) is 154 Å². The van der Waals surface area contributed by atoms with E-state index in [1.54, 1.807) is 0 Å². The van der Waals surface area contributed by atoms with E-state index < -0.39 is 6.10 Å². The van der Waals surface area contributed by atoms with Gasteiger partial charge in [0.25, 0.3) is 0 Å². The molecule has 0 amide bonds. The molecule has 0 spiro atoms. The number of carbonyl (C=O) groups excluding carboxylic acids is 3. The minimum atomic E-state index is -0.760. The van der Waals surface area contributed by atoms with E-state index in [0.29, 0.717) is 19.3 Å². The van der Waals surface area contributed by atoms with Crippen LogP contribution in [0.5, 0.6) is 0 Å². The lowest BCUT2D eigenvalue weighted by Crippen LogP contribution is -2.30. The third kappa shape index (κ3) is 43.4. The van der Waals surface area contributed by atoms with Gasteiger partial charge in [0.15, 0.2) is 6.10 Å². The number of esters is 3. The zero-order valence-electron chi connectivity index (χ0n) is 37.6. The van der Waals surface area contributed by atoms with Gasteiger partial charge in [-0.2, -0.15) is 0 Å². The van der Waals surface area contributed by atoms with Crippen molar-refractivity contribution in [3.63, 3.8) is 0 Å². The van der Waals surface area contributed by atoms with Crippen LogP contribution in [0.1, 0.15) is 266 Å². The highest BCUT2D eigenvalue weighted by molar-refractivity contribution is 5.71. The van der Waals surface area contributed by atoms with Crippen LogP contribution >= 0.6 is 0 Å². The fourth-order valence-electron chi connectivity index (χ4n) is 7.28. The second-order valence-corrected chi connectivity index (χ2v) is 17.7. The Kier molecular flexibility index (Phi) is 40.8. The van der Waals surface area contributed by atoms with Crippen LogP contribution in [0.4, 0.5) is 0 Å². The first-order chi connectivity index (χ1) is 26.7. The van der Waals surface area contributed by atoms with Crippen LogP contribution in [0.25, 0.3) is 0 Å². The van der Waals surface area contributed by atoms with Gasteiger partial charge in [-0.3, -0.25) is 14.4 Å². The molecule has 0 rings (SSSR count). The van der Waals surface area contributed by atoms with Gasteiger partial charge in [0.1, 0.15) is 13.2 Å². The van der Waals surface area contributed by atoms with Crippen LogP contribution < -0.4 is 0 Å². The molecule has 0 saturated carbocycles. The number of ether oxygens (including phenoxy) is 3. The molecule has 0 N–H and O–H groups in total. The van der Waals surface area contributed by atoms with Crippen molar-refractivity contribution < 1.29 is 28.6 Å². The number of unbranched alkanes of at least 4 members (excludes halogenated alkanes) is 28. The standard InChI is InChI=1S/C49H94O6/c1-6-7-8-9-10-17-24-29-34-39-47(50)53-42-46(43-54-48(51)40-35-30-25-21-20-23-28-33-38-45(4)5)55-49(52)41-36-31-26-19-16-14-12-11-13-15-18-22-27-32-37-44(2)3/h44-46H,6-43H2,1-5H3/t46-/m1/s1. The van der Waals surface area contributed by atoms with Gasteiger partial charge in [0.05, 0.1) is 0 Å². The third-order valence-corrected chi connectivity index (χ3v) is 11.0. The molecule has 0 saturated heterocycles. The largest absolute Gasteiger partial charge is 0.462 e. The minimum absolute atomic E-state index is 0.0647. The van der Waals surface area contributed by atoms with E-state index in [0.717, 1.165) is 69.6 Å². The molecule has 0 aliphatic carbocycles. The Balaban J connectivity index is 4.27. The van der Waals surface area contributed by atoms with Gasteiger partial charge < -0.3 is 14.2 Å². The molecule has 1 atom stereocenters. The molecule has 0 radical (unpaired) electrons. The van der Waals surface area contributed by atoms with Crippen molar-refractivity contribution in [1.29, 1.82) is 0 Å². The molecule has 0 aliphatic heterocycles. The van der Waals surface area contributed by atoms with Crippen LogP contribution in [-0.2, 0) is 28.6 Å². The number of hydrogen-bond acceptors (Lipinski definition) is 6. The first-order valence-electron chi connectivity index (χ1n) is 24.2. The Morgan fingerprint density at radius 3 is 0.891 bits per heavy atom. The molecule has 0 aromatic heterocycles. The van der Waals surface area contributed by atoms with Crippen LogP contribution in [-0.4, -0.2) is 37.2 Å². The van der Waals surface area contributed by atoms with Gasteiger partial charge in [-0.15, -0.1) is 0 Å². The van der Waals surface area contributed by atoms with E-state index in [1.807, 2.05) is 0 Å². The summed E-state index contributed by atoms with van der Waals surface area (Å²) in [7, 11) is 0. The Hall–Kier alpha value is -1.59. The van der Waals surface area contributed by atoms with Crippen molar-refractivity contribution >= 4 is 17.9 Å². The molecule has 326 valence electrons. The summed E-state index contributed by atoms with van der Waals surface area (Å²) in [6.07, 6.45) is 40.9. The van der Waals surface area contributed by atoms with E-state index in [2.05, 4.69) is 34.6 Å². The van der Waals surface area contributed by atoms with Gasteiger partial charge in [-0.1, -0.05) is 227 Å². The average Bonchev–Trinajstić information content (AvgIpc) is 3.15. The van der Waals surface area contributed by atoms with Crippen LogP contribution in [0.2, 0.25) is 0 Å². The molecule has 0 heterocycles. The van der Waals surface area contributed by atoms with Gasteiger partial charge in [-0.05, 0) is 31.1 Å². The van der Waals surface area contributed by atoms with Gasteiger partial charge >= 0.3 is 17.9 Å². The van der Waals surface area contributed by atoms with Crippen molar-refractivity contribution in [2.45, 2.75) is 272 Å². The summed E-state index contributed by atoms with van der Waals surface area (Å²) in [4.78, 5) is 37.7. The Morgan fingerprint density at radius 1 is 0.345 bits per heavy atom. The van der Waals surface area contributed by atoms with Crippen molar-refractivity contribution in [2.24, 2.45) is 11.8 Å². The summed E-state index contributed by atoms with van der Waals surface area (Å²) < 4.78 is 16.7. The number of carbonyl (C=O) groups is 3. The average molecular weight is 779 g/mol. The van der Waals surface area contributed by atoms with E-state index in [-0.39, 0.29) is 31.1 Å². The second-order valence-electron chi connectivity index (χ2n) is 17.7. The molecular weight excluding hydrogens is 685 g/mol. The first-order valence-corrected chi connectivity index (χ1v) is 24.2. The molecule has 0 bridgehead atoms. The molecule has 0 aliphatic rings. The van der Waals surface area contributed by atoms with Gasteiger partial charge in [0.2, 0.25) is 0 Å². The van der Waals surface area contributed by atoms with E-state index >= 15 is 0 Å². The molecule has 6 nitrogen and oxygen atoms in total. The van der Waals surface area contributed by atoms with Crippen LogP contribution in [0, 0.1) is 11.8 Å². The van der Waals surface area contributed by atoms with Crippen LogP contribution in [0.3, 0.4) is 0 Å². The maximum Gasteiger partial charge on any atom is 0.306 e. The van der Waals surface area contributed by atoms with Gasteiger partial charge in [-0.25, -0.2) is 0 Å². The third-order valence-electron chi connectivity index (χ3n) is 11.0. The van der Waals surface area contributed by atoms with Crippen molar-refractivity contribution in [3.05, 3.63) is 0 Å². The topological polar surface area (TPSA) is 78.9 Å². The highest BCUT2D eigenvalue weighted by Crippen LogP contribution is 2.17. The smallest absolute Gasteiger partial charge is 0.306 e. The zero-order chi connectivity index (χ0) is 40.5. The summed E-state index contributed by atoms with van der Waals surface area (Å²) in [5.74, 6) is 0.783. The Morgan fingerprint density at radius 2 is 0.600 bits per heavy atom. The lowest BCUT2D eigenvalue weighted by Gasteiger charge is -2.18. The highest BCUT2D eigenvalue weighted by atomic mass is 16.6. The quantitative estimate of drug-likeness (QED) is 0.0348. The number of rotatable bonds is 43. The monoisotopic (exact) mass is 779 g/mol. The molecule has 55 heavy (non-hydrogen) atoms. The molecule has 0 unspecified atom stereocenters. The second kappa shape index (κ2) is 42.0. The predicted octanol–water partition coefficient (Wildman–Crippen LogP) is 15.4. The fraction of sp³-hybridized carbons (Fsp3) is 0.939. The van der Waals surface area contributed by atoms with E-state index in [4.69, 9.17) is 14.2 Å². The van der Waals surface area contributed by atoms with Crippen LogP contribution in [0.15, 0.2) is 0 Å². The van der Waals surface area contributed by atoms with Crippen molar-refractivity contribution in [1.82, 2.24) is 0 Å². The predicted molar refractivity (Wildman–Crippen MR) is 233 cm³/mol. The highest BCUT2D eigenvalue weighted by Gasteiger charge is 2.19. The zero-order valence-corrected chi connectivity index (χ0v) is 37.6. The normalized spacial score (nSPS) is 12.1. The molecule has 0 aromatic rings. The van der Waals surface area contributed by atoms with Crippen molar-refractivity contribution in [2.75, 3.05) is 13.2 Å². The summed E-state index contributed by atoms with van der Waals surface area (Å²) in [5.41, 5.74) is 0. The first kappa shape index (κ1) is 53.4. The summed E-state index contributed by atoms with van der Waals surface area (Å²) >= 11 is 0. The molecule has 0 aromatic carbocycles. The van der Waals surface area contributed by atoms with E-state index in [9.17, 15) is 14.4 Å². The SMILES string of the molecule is CCCCCCCCCCCC(=O)OC[C@H](COC(=O)CCCCCCCCCCC(C)C)OC(=O)CCCCCCCCCCCCCCCCC(C)C. The summed E-state index contributed by atoms with van der Waals surface area (Å²) in [6, 6.07) is 0. The minimum Gasteiger partial charge on any atom is -0.462 e. The fourth-order valence-corrected chi connectivity index (χ4v) is 7.28. The lowest BCUT2D eigenvalue weighted by atomic mass is 10.0. The maximum absolute atomic E-state index is 12.7. The Bertz CT molecular complexity index is 839. The molecular formula is C49H94O6. The summed E-state index contributed by atoms with van der Waals surface area (Å²) in [5, 5.41) is 0. The van der Waals surface area contributed by atoms with Gasteiger partial charge in [0, 0.05) is 19.3 Å². The molecule has 6 heteroatoms. The Labute approximate surface area is 342 Å².